The summed E-state index contributed by atoms with van der Waals surface area (Å²) in [5.41, 5.74) is 0.875. The minimum atomic E-state index is -0.415. The van der Waals surface area contributed by atoms with E-state index in [4.69, 9.17) is 11.6 Å². The molecule has 0 aliphatic rings. The van der Waals surface area contributed by atoms with Gasteiger partial charge in [-0.2, -0.15) is 11.8 Å². The van der Waals surface area contributed by atoms with Crippen molar-refractivity contribution in [3.8, 4) is 0 Å². The average molecular weight is 263 g/mol. The quantitative estimate of drug-likeness (QED) is 0.792. The van der Waals surface area contributed by atoms with Crippen LogP contribution in [0, 0.1) is 5.82 Å². The second kappa shape index (κ2) is 7.15. The molecule has 0 spiro atoms. The Morgan fingerprint density at radius 1 is 1.50 bits per heavy atom. The molecule has 0 aliphatic carbocycles. The van der Waals surface area contributed by atoms with E-state index in [9.17, 15) is 9.50 Å². The van der Waals surface area contributed by atoms with Crippen LogP contribution in [0.4, 0.5) is 4.39 Å². The van der Waals surface area contributed by atoms with Crippen molar-refractivity contribution in [3.05, 3.63) is 34.6 Å². The highest BCUT2D eigenvalue weighted by atomic mass is 35.5. The van der Waals surface area contributed by atoms with Gasteiger partial charge in [0.05, 0.1) is 11.1 Å². The molecule has 1 rings (SSSR count). The SMILES string of the molecule is CCSCCC(O)Cc1ccc(F)c(Cl)c1. The van der Waals surface area contributed by atoms with Gasteiger partial charge in [-0.3, -0.25) is 0 Å². The lowest BCUT2D eigenvalue weighted by Gasteiger charge is -2.10. The van der Waals surface area contributed by atoms with Gasteiger partial charge < -0.3 is 5.11 Å². The van der Waals surface area contributed by atoms with Crippen molar-refractivity contribution in [1.82, 2.24) is 0 Å². The van der Waals surface area contributed by atoms with Crippen molar-refractivity contribution in [2.24, 2.45) is 0 Å². The van der Waals surface area contributed by atoms with E-state index >= 15 is 0 Å². The van der Waals surface area contributed by atoms with Crippen LogP contribution in [0.1, 0.15) is 18.9 Å². The fourth-order valence-electron chi connectivity index (χ4n) is 1.40. The van der Waals surface area contributed by atoms with Gasteiger partial charge in [-0.1, -0.05) is 24.6 Å². The van der Waals surface area contributed by atoms with Crippen LogP contribution in [-0.4, -0.2) is 22.7 Å². The largest absolute Gasteiger partial charge is 0.393 e. The van der Waals surface area contributed by atoms with Crippen LogP contribution in [0.15, 0.2) is 18.2 Å². The number of thioether (sulfide) groups is 1. The number of aliphatic hydroxyl groups is 1. The molecular weight excluding hydrogens is 247 g/mol. The van der Waals surface area contributed by atoms with Gasteiger partial charge in [-0.15, -0.1) is 0 Å². The third-order valence-electron chi connectivity index (χ3n) is 2.25. The van der Waals surface area contributed by atoms with Gasteiger partial charge in [0.25, 0.3) is 0 Å². The molecule has 1 atom stereocenters. The van der Waals surface area contributed by atoms with Gasteiger partial charge in [0, 0.05) is 0 Å². The van der Waals surface area contributed by atoms with Crippen molar-refractivity contribution in [2.75, 3.05) is 11.5 Å². The van der Waals surface area contributed by atoms with Gasteiger partial charge in [0.2, 0.25) is 0 Å². The first kappa shape index (κ1) is 13.8. The summed E-state index contributed by atoms with van der Waals surface area (Å²) in [5.74, 6) is 1.60. The van der Waals surface area contributed by atoms with Crippen LogP contribution in [0.5, 0.6) is 0 Å². The molecule has 0 aromatic heterocycles. The van der Waals surface area contributed by atoms with Crippen LogP contribution >= 0.6 is 23.4 Å². The van der Waals surface area contributed by atoms with Crippen molar-refractivity contribution in [1.29, 1.82) is 0 Å². The number of aliphatic hydroxyl groups excluding tert-OH is 1. The maximum Gasteiger partial charge on any atom is 0.141 e. The second-order valence-electron chi connectivity index (χ2n) is 3.59. The summed E-state index contributed by atoms with van der Waals surface area (Å²) >= 11 is 7.47. The van der Waals surface area contributed by atoms with E-state index in [1.807, 2.05) is 0 Å². The predicted molar refractivity (Wildman–Crippen MR) is 68.7 cm³/mol. The zero-order chi connectivity index (χ0) is 12.0. The molecule has 0 radical (unpaired) electrons. The third kappa shape index (κ3) is 4.73. The normalized spacial score (nSPS) is 12.8. The maximum atomic E-state index is 12.9. The van der Waals surface area contributed by atoms with E-state index in [0.29, 0.717) is 6.42 Å². The predicted octanol–water partition coefficient (Wildman–Crippen LogP) is 3.53. The second-order valence-corrected chi connectivity index (χ2v) is 5.39. The topological polar surface area (TPSA) is 20.2 Å². The van der Waals surface area contributed by atoms with Gasteiger partial charge in [0.15, 0.2) is 0 Å². The lowest BCUT2D eigenvalue weighted by atomic mass is 10.1. The number of benzene rings is 1. The van der Waals surface area contributed by atoms with E-state index in [1.54, 1.807) is 23.9 Å². The van der Waals surface area contributed by atoms with Crippen LogP contribution in [0.2, 0.25) is 5.02 Å². The van der Waals surface area contributed by atoms with Gasteiger partial charge >= 0.3 is 0 Å². The fourth-order valence-corrected chi connectivity index (χ4v) is 2.34. The molecule has 1 aromatic rings. The maximum absolute atomic E-state index is 12.9. The van der Waals surface area contributed by atoms with Crippen molar-refractivity contribution in [3.63, 3.8) is 0 Å². The Kier molecular flexibility index (Phi) is 6.17. The van der Waals surface area contributed by atoms with Crippen molar-refractivity contribution >= 4 is 23.4 Å². The first-order chi connectivity index (χ1) is 7.63. The molecule has 1 aromatic carbocycles. The summed E-state index contributed by atoms with van der Waals surface area (Å²) in [6, 6.07) is 4.58. The van der Waals surface area contributed by atoms with Crippen LogP contribution in [0.3, 0.4) is 0 Å². The Hall–Kier alpha value is -0.250. The van der Waals surface area contributed by atoms with E-state index in [1.165, 1.54) is 6.07 Å². The van der Waals surface area contributed by atoms with Crippen molar-refractivity contribution in [2.45, 2.75) is 25.9 Å². The highest BCUT2D eigenvalue weighted by Crippen LogP contribution is 2.18. The summed E-state index contributed by atoms with van der Waals surface area (Å²) in [7, 11) is 0. The number of hydrogen-bond acceptors (Lipinski definition) is 2. The smallest absolute Gasteiger partial charge is 0.141 e. The molecular formula is C12H16ClFOS. The molecule has 0 fully saturated rings. The summed E-state index contributed by atoms with van der Waals surface area (Å²) in [6.45, 7) is 2.09. The monoisotopic (exact) mass is 262 g/mol. The minimum absolute atomic E-state index is 0.118. The number of hydrogen-bond donors (Lipinski definition) is 1. The number of halogens is 2. The molecule has 0 saturated heterocycles. The third-order valence-corrected chi connectivity index (χ3v) is 3.48. The average Bonchev–Trinajstić information content (AvgIpc) is 2.24. The summed E-state index contributed by atoms with van der Waals surface area (Å²) in [6.07, 6.45) is 0.915. The molecule has 1 N–H and O–H groups in total. The molecule has 16 heavy (non-hydrogen) atoms. The molecule has 0 amide bonds. The molecule has 0 aliphatic heterocycles. The molecule has 90 valence electrons. The standard InChI is InChI=1S/C12H16ClFOS/c1-2-16-6-5-10(15)7-9-3-4-12(14)11(13)8-9/h3-4,8,10,15H,2,5-7H2,1H3. The first-order valence-corrected chi connectivity index (χ1v) is 6.86. The Morgan fingerprint density at radius 2 is 2.25 bits per heavy atom. The lowest BCUT2D eigenvalue weighted by Crippen LogP contribution is -2.11. The van der Waals surface area contributed by atoms with Gasteiger partial charge in [-0.05, 0) is 42.0 Å². The summed E-state index contributed by atoms with van der Waals surface area (Å²) < 4.78 is 12.9. The molecule has 4 heteroatoms. The molecule has 0 saturated carbocycles. The van der Waals surface area contributed by atoms with Gasteiger partial charge in [-0.25, -0.2) is 4.39 Å². The van der Waals surface area contributed by atoms with Crippen molar-refractivity contribution < 1.29 is 9.50 Å². The van der Waals surface area contributed by atoms with Crippen LogP contribution in [-0.2, 0) is 6.42 Å². The fraction of sp³-hybridized carbons (Fsp3) is 0.500. The Labute approximate surface area is 105 Å². The lowest BCUT2D eigenvalue weighted by molar-refractivity contribution is 0.172. The molecule has 0 heterocycles. The highest BCUT2D eigenvalue weighted by molar-refractivity contribution is 7.99. The van der Waals surface area contributed by atoms with E-state index in [0.717, 1.165) is 23.5 Å². The first-order valence-electron chi connectivity index (χ1n) is 5.33. The van der Waals surface area contributed by atoms with E-state index in [-0.39, 0.29) is 11.1 Å². The van der Waals surface area contributed by atoms with E-state index < -0.39 is 5.82 Å². The zero-order valence-electron chi connectivity index (χ0n) is 9.25. The Bertz CT molecular complexity index is 333. The number of rotatable bonds is 6. The van der Waals surface area contributed by atoms with Gasteiger partial charge in [0.1, 0.15) is 5.82 Å². The summed E-state index contributed by atoms with van der Waals surface area (Å²) in [5, 5.41) is 9.86. The van der Waals surface area contributed by atoms with Crippen LogP contribution < -0.4 is 0 Å². The molecule has 1 nitrogen and oxygen atoms in total. The summed E-state index contributed by atoms with van der Waals surface area (Å²) in [4.78, 5) is 0. The van der Waals surface area contributed by atoms with Crippen LogP contribution in [0.25, 0.3) is 0 Å². The molecule has 0 bridgehead atoms. The minimum Gasteiger partial charge on any atom is -0.393 e. The zero-order valence-corrected chi connectivity index (χ0v) is 10.8. The Balaban J connectivity index is 2.43. The van der Waals surface area contributed by atoms with E-state index in [2.05, 4.69) is 6.92 Å². The molecule has 1 unspecified atom stereocenters. The Morgan fingerprint density at radius 3 is 2.88 bits per heavy atom. The highest BCUT2D eigenvalue weighted by Gasteiger charge is 2.07.